The third-order valence-corrected chi connectivity index (χ3v) is 9.90. The zero-order valence-electron chi connectivity index (χ0n) is 27.8. The smallest absolute Gasteiger partial charge is 0.744 e. The molecule has 0 saturated carbocycles. The van der Waals surface area contributed by atoms with Crippen molar-refractivity contribution < 1.29 is 142 Å². The molecule has 0 saturated heterocycles. The molecule has 1 aliphatic rings. The average Bonchev–Trinajstić information content (AvgIpc) is 3.02. The zero-order chi connectivity index (χ0) is 36.2. The van der Waals surface area contributed by atoms with Crippen LogP contribution in [0.4, 0.5) is 21.9 Å². The second-order valence-electron chi connectivity index (χ2n) is 10.8. The molecule has 2 amide bonds. The van der Waals surface area contributed by atoms with E-state index in [4.69, 9.17) is 0 Å². The quantitative estimate of drug-likeness (QED) is 0.0681. The third-order valence-electron chi connectivity index (χ3n) is 7.41. The summed E-state index contributed by atoms with van der Waals surface area (Å²) in [5, 5.41) is 20.2. The molecule has 256 valence electrons. The molecular formula is C31H19N4Na3O12S3. The molecule has 0 spiro atoms. The van der Waals surface area contributed by atoms with Gasteiger partial charge in [-0.1, -0.05) is 12.1 Å². The zero-order valence-corrected chi connectivity index (χ0v) is 36.2. The van der Waals surface area contributed by atoms with E-state index in [1.165, 1.54) is 66.7 Å². The van der Waals surface area contributed by atoms with Crippen LogP contribution in [0.2, 0.25) is 0 Å². The first-order valence-electron chi connectivity index (χ1n) is 13.9. The summed E-state index contributed by atoms with van der Waals surface area (Å²) in [5.41, 5.74) is 2.18. The van der Waals surface area contributed by atoms with Gasteiger partial charge in [0, 0.05) is 22.3 Å². The van der Waals surface area contributed by atoms with Crippen LogP contribution >= 0.6 is 0 Å². The van der Waals surface area contributed by atoms with E-state index in [1.54, 1.807) is 0 Å². The molecule has 22 heteroatoms. The van der Waals surface area contributed by atoms with Crippen molar-refractivity contribution in [2.24, 2.45) is 5.10 Å². The molecule has 0 atom stereocenters. The molecule has 0 radical (unpaired) electrons. The maximum Gasteiger partial charge on any atom is 1.00 e. The average molecular weight is 805 g/mol. The van der Waals surface area contributed by atoms with E-state index in [0.717, 1.165) is 24.3 Å². The number of carbonyl (C=O) groups excluding carboxylic acids is 2. The number of fused-ring (bicyclic) bond motifs is 3. The number of rotatable bonds is 7. The van der Waals surface area contributed by atoms with Crippen molar-refractivity contribution in [3.63, 3.8) is 0 Å². The van der Waals surface area contributed by atoms with E-state index in [9.17, 15) is 53.6 Å². The molecule has 53 heavy (non-hydrogen) atoms. The summed E-state index contributed by atoms with van der Waals surface area (Å²) in [6, 6.07) is 17.0. The number of nitrogens with zero attached hydrogens (tertiary/aromatic N) is 1. The van der Waals surface area contributed by atoms with Gasteiger partial charge in [-0.05, 0) is 101 Å². The standard InChI is InChI=1S/C31H22N4O12S3.3Na/c36-27-15-24(49(42,43)44)13-18-10-20(4-7-25(18)27)32-31(38)33-21-5-8-26-19(11-21)14-28(50(45,46)47)29(30(26)37)35-34-22-3-1-17-12-23(48(39,40)41)6-2-16(17)9-22;;;/h1-15,34,36H,(H2,32,33,38)(H,39,40,41)(H,42,43,44)(H,45,46,47);;;/q;3*+1/p-3/b35-29-;;;. The maximum atomic E-state index is 13.4. The Kier molecular flexibility index (Phi) is 14.3. The predicted octanol–water partition coefficient (Wildman–Crippen LogP) is -5.29. The second kappa shape index (κ2) is 17.0. The largest absolute Gasteiger partial charge is 1.00 e. The first-order valence-corrected chi connectivity index (χ1v) is 18.1. The molecule has 0 heterocycles. The van der Waals surface area contributed by atoms with Crippen LogP contribution in [-0.4, -0.2) is 61.5 Å². The normalized spacial score (nSPS) is 13.5. The number of ketones is 1. The Morgan fingerprint density at radius 3 is 1.81 bits per heavy atom. The summed E-state index contributed by atoms with van der Waals surface area (Å²) in [5.74, 6) is -1.38. The van der Waals surface area contributed by atoms with Crippen LogP contribution in [-0.2, 0) is 30.4 Å². The number of Topliss-reactive ketones (excluding diaryl/α,β-unsaturated/α-hetero) is 1. The third kappa shape index (κ3) is 10.1. The van der Waals surface area contributed by atoms with Gasteiger partial charge in [0.1, 0.15) is 41.8 Å². The number of nitrogens with one attached hydrogen (secondary N) is 3. The Hall–Kier alpha value is -2.70. The number of carbonyl (C=O) groups is 2. The minimum atomic E-state index is -5.26. The van der Waals surface area contributed by atoms with Gasteiger partial charge in [0.05, 0.1) is 20.4 Å². The Labute approximate surface area is 368 Å². The summed E-state index contributed by atoms with van der Waals surface area (Å²) < 4.78 is 105. The van der Waals surface area contributed by atoms with Gasteiger partial charge in [-0.15, -0.1) is 0 Å². The number of amides is 2. The number of hydrogen-bond donors (Lipinski definition) is 4. The molecular weight excluding hydrogens is 786 g/mol. The van der Waals surface area contributed by atoms with Gasteiger partial charge in [0.15, 0.2) is 0 Å². The summed E-state index contributed by atoms with van der Waals surface area (Å²) >= 11 is 0. The molecule has 0 aliphatic heterocycles. The van der Waals surface area contributed by atoms with Crippen molar-refractivity contribution in [3.05, 3.63) is 101 Å². The van der Waals surface area contributed by atoms with E-state index in [0.29, 0.717) is 10.8 Å². The number of allylic oxidation sites excluding steroid dienone is 1. The maximum absolute atomic E-state index is 13.4. The SMILES string of the molecule is O=C(Nc1ccc2c(c1)C=C(S(=O)(=O)[O-])/C(=N/Nc1ccc3cc(S(=O)(=O)[O-])ccc3c1)C2=O)Nc1ccc2c(O)cc(S(=O)(=O)[O-])cc2c1.[Na+].[Na+].[Na+]. The minimum absolute atomic E-state index is 0. The Balaban J connectivity index is 0.00000252. The number of benzene rings is 5. The molecule has 0 bridgehead atoms. The Morgan fingerprint density at radius 2 is 1.17 bits per heavy atom. The molecule has 6 rings (SSSR count). The van der Waals surface area contributed by atoms with Crippen molar-refractivity contribution >= 4 is 92.6 Å². The summed E-state index contributed by atoms with van der Waals surface area (Å²) in [4.78, 5) is 24.1. The van der Waals surface area contributed by atoms with Crippen LogP contribution in [0, 0.1) is 0 Å². The number of phenols is 1. The number of urea groups is 1. The molecule has 16 nitrogen and oxygen atoms in total. The summed E-state index contributed by atoms with van der Waals surface area (Å²) in [6.07, 6.45) is 0.922. The van der Waals surface area contributed by atoms with Gasteiger partial charge in [-0.25, -0.2) is 30.0 Å². The number of aromatic hydroxyl groups is 1. The van der Waals surface area contributed by atoms with Crippen LogP contribution in [0.1, 0.15) is 15.9 Å². The van der Waals surface area contributed by atoms with E-state index >= 15 is 0 Å². The fraction of sp³-hybridized carbons (Fsp3) is 0. The van der Waals surface area contributed by atoms with Crippen LogP contribution in [0.5, 0.6) is 5.75 Å². The predicted molar refractivity (Wildman–Crippen MR) is 178 cm³/mol. The van der Waals surface area contributed by atoms with E-state index in [-0.39, 0.29) is 128 Å². The van der Waals surface area contributed by atoms with Crippen LogP contribution in [0.25, 0.3) is 27.6 Å². The molecule has 5 aromatic rings. The minimum Gasteiger partial charge on any atom is -0.744 e. The van der Waals surface area contributed by atoms with Gasteiger partial charge < -0.3 is 29.4 Å². The van der Waals surface area contributed by atoms with Crippen molar-refractivity contribution in [1.29, 1.82) is 0 Å². The van der Waals surface area contributed by atoms with Crippen molar-refractivity contribution in [1.82, 2.24) is 0 Å². The second-order valence-corrected chi connectivity index (χ2v) is 14.9. The number of hydrogen-bond acceptors (Lipinski definition) is 14. The fourth-order valence-corrected chi connectivity index (χ4v) is 6.80. The van der Waals surface area contributed by atoms with Crippen molar-refractivity contribution in [3.8, 4) is 5.75 Å². The monoisotopic (exact) mass is 804 g/mol. The molecule has 4 N–H and O–H groups in total. The number of anilines is 3. The summed E-state index contributed by atoms with van der Waals surface area (Å²) in [7, 11) is -14.8. The van der Waals surface area contributed by atoms with Gasteiger partial charge in [-0.3, -0.25) is 10.2 Å². The van der Waals surface area contributed by atoms with Gasteiger partial charge in [0.25, 0.3) is 0 Å². The summed E-state index contributed by atoms with van der Waals surface area (Å²) in [6.45, 7) is 0. The molecule has 0 aromatic heterocycles. The van der Waals surface area contributed by atoms with Crippen LogP contribution < -0.4 is 105 Å². The Bertz CT molecular complexity index is 2730. The fourth-order valence-electron chi connectivity index (χ4n) is 5.12. The van der Waals surface area contributed by atoms with E-state index in [2.05, 4.69) is 21.2 Å². The molecule has 1 aliphatic carbocycles. The van der Waals surface area contributed by atoms with Crippen molar-refractivity contribution in [2.75, 3.05) is 16.1 Å². The van der Waals surface area contributed by atoms with Crippen LogP contribution in [0.3, 0.4) is 0 Å². The van der Waals surface area contributed by atoms with E-state index in [1.807, 2.05) is 0 Å². The number of hydrazone groups is 1. The topological polar surface area (TPSA) is 274 Å². The van der Waals surface area contributed by atoms with E-state index < -0.39 is 68.3 Å². The molecule has 0 unspecified atom stereocenters. The van der Waals surface area contributed by atoms with Gasteiger partial charge in [-0.2, -0.15) is 5.10 Å². The van der Waals surface area contributed by atoms with Crippen LogP contribution in [0.15, 0.2) is 105 Å². The van der Waals surface area contributed by atoms with Crippen molar-refractivity contribution in [2.45, 2.75) is 9.79 Å². The first-order chi connectivity index (χ1) is 23.4. The molecule has 0 fully saturated rings. The molecule has 5 aromatic carbocycles. The van der Waals surface area contributed by atoms with Gasteiger partial charge in [0.2, 0.25) is 5.78 Å². The first kappa shape index (κ1) is 44.7. The van der Waals surface area contributed by atoms with Gasteiger partial charge >= 0.3 is 94.7 Å². The number of phenolic OH excluding ortho intramolecular Hbond substituents is 1. The Morgan fingerprint density at radius 1 is 0.623 bits per heavy atom.